The van der Waals surface area contributed by atoms with Gasteiger partial charge in [0.2, 0.25) is 0 Å². The number of hydrogen-bond acceptors (Lipinski definition) is 2. The molecule has 1 aliphatic carbocycles. The van der Waals surface area contributed by atoms with Gasteiger partial charge in [-0.2, -0.15) is 0 Å². The molecular weight excluding hydrogens is 389 g/mol. The van der Waals surface area contributed by atoms with Crippen LogP contribution in [0.1, 0.15) is 42.6 Å². The molecule has 1 N–H and O–H groups in total. The van der Waals surface area contributed by atoms with Crippen molar-refractivity contribution in [2.45, 2.75) is 44.9 Å². The Bertz CT molecular complexity index is 578. The highest BCUT2D eigenvalue weighted by Gasteiger charge is 2.48. The SMILES string of the molecule is CC(C)(O)[C@@H](C1CC1)N1Cc2c(Cl)ccc(I)c2C1=O. The van der Waals surface area contributed by atoms with E-state index in [-0.39, 0.29) is 11.9 Å². The number of amides is 1. The monoisotopic (exact) mass is 405 g/mol. The van der Waals surface area contributed by atoms with Crippen LogP contribution in [0.3, 0.4) is 0 Å². The van der Waals surface area contributed by atoms with Gasteiger partial charge in [0.25, 0.3) is 5.91 Å². The average molecular weight is 406 g/mol. The predicted octanol–water partition coefficient (Wildman–Crippen LogP) is 3.45. The summed E-state index contributed by atoms with van der Waals surface area (Å²) in [5.41, 5.74) is 0.725. The van der Waals surface area contributed by atoms with Gasteiger partial charge in [0.05, 0.1) is 17.2 Å². The second-order valence-corrected chi connectivity index (χ2v) is 7.82. The van der Waals surface area contributed by atoms with Gasteiger partial charge in [0.1, 0.15) is 0 Å². The van der Waals surface area contributed by atoms with Crippen molar-refractivity contribution >= 4 is 40.1 Å². The first-order valence-corrected chi connectivity index (χ1v) is 8.26. The smallest absolute Gasteiger partial charge is 0.255 e. The van der Waals surface area contributed by atoms with Gasteiger partial charge >= 0.3 is 0 Å². The third-order valence-corrected chi connectivity index (χ3v) is 5.39. The van der Waals surface area contributed by atoms with Gasteiger partial charge in [-0.1, -0.05) is 11.6 Å². The number of carbonyl (C=O) groups excluding carboxylic acids is 1. The number of fused-ring (bicyclic) bond motifs is 1. The number of carbonyl (C=O) groups is 1. The van der Waals surface area contributed by atoms with Crippen molar-refractivity contribution in [1.82, 2.24) is 4.90 Å². The molecule has 0 radical (unpaired) electrons. The fourth-order valence-electron chi connectivity index (χ4n) is 3.21. The first kappa shape index (κ1) is 14.6. The van der Waals surface area contributed by atoms with Crippen molar-refractivity contribution in [2.24, 2.45) is 5.92 Å². The third kappa shape index (κ3) is 2.35. The lowest BCUT2D eigenvalue weighted by Crippen LogP contribution is -2.51. The van der Waals surface area contributed by atoms with Crippen molar-refractivity contribution in [3.05, 3.63) is 31.9 Å². The lowest BCUT2D eigenvalue weighted by Gasteiger charge is -2.37. The Balaban J connectivity index is 2.01. The lowest BCUT2D eigenvalue weighted by molar-refractivity contribution is -0.0224. The first-order chi connectivity index (χ1) is 9.30. The molecule has 1 fully saturated rings. The molecule has 0 saturated heterocycles. The molecule has 1 saturated carbocycles. The molecule has 0 spiro atoms. The standard InChI is InChI=1S/C15H17ClINO2/c1-15(2,20)13(8-3-4-8)18-7-9-10(16)5-6-11(17)12(9)14(18)19/h5-6,8,13,20H,3-4,7H2,1-2H3/t13-/m1/s1. The summed E-state index contributed by atoms with van der Waals surface area (Å²) >= 11 is 8.42. The van der Waals surface area contributed by atoms with Crippen molar-refractivity contribution in [3.8, 4) is 0 Å². The number of rotatable bonds is 3. The predicted molar refractivity (Wildman–Crippen MR) is 86.9 cm³/mol. The van der Waals surface area contributed by atoms with E-state index in [2.05, 4.69) is 22.6 Å². The van der Waals surface area contributed by atoms with Gasteiger partial charge in [0.15, 0.2) is 0 Å². The molecule has 0 bridgehead atoms. The molecule has 5 heteroatoms. The Kier molecular flexibility index (Phi) is 3.54. The molecule has 1 aromatic carbocycles. The van der Waals surface area contributed by atoms with E-state index in [1.165, 1.54) is 0 Å². The van der Waals surface area contributed by atoms with Crippen LogP contribution in [0.5, 0.6) is 0 Å². The van der Waals surface area contributed by atoms with E-state index in [0.717, 1.165) is 22.0 Å². The Morgan fingerprint density at radius 1 is 1.45 bits per heavy atom. The summed E-state index contributed by atoms with van der Waals surface area (Å²) in [5.74, 6) is 0.413. The molecule has 0 unspecified atom stereocenters. The molecule has 3 rings (SSSR count). The van der Waals surface area contributed by atoms with Crippen LogP contribution >= 0.6 is 34.2 Å². The summed E-state index contributed by atoms with van der Waals surface area (Å²) < 4.78 is 0.930. The normalized spacial score (nSPS) is 20.2. The molecule has 1 amide bonds. The maximum atomic E-state index is 12.7. The van der Waals surface area contributed by atoms with Crippen LogP contribution in [0.25, 0.3) is 0 Å². The van der Waals surface area contributed by atoms with E-state index in [1.54, 1.807) is 13.8 Å². The molecule has 1 heterocycles. The average Bonchev–Trinajstić information content (AvgIpc) is 3.09. The van der Waals surface area contributed by atoms with Crippen LogP contribution in [0.4, 0.5) is 0 Å². The zero-order valence-corrected chi connectivity index (χ0v) is 14.4. The fourth-order valence-corrected chi connectivity index (χ4v) is 4.17. The van der Waals surface area contributed by atoms with Crippen LogP contribution in [0.15, 0.2) is 12.1 Å². The maximum absolute atomic E-state index is 12.7. The van der Waals surface area contributed by atoms with Crippen LogP contribution in [-0.4, -0.2) is 27.6 Å². The Labute approximate surface area is 137 Å². The van der Waals surface area contributed by atoms with Crippen molar-refractivity contribution < 1.29 is 9.90 Å². The van der Waals surface area contributed by atoms with Gasteiger partial charge in [0, 0.05) is 20.7 Å². The van der Waals surface area contributed by atoms with Crippen LogP contribution in [0.2, 0.25) is 5.02 Å². The van der Waals surface area contributed by atoms with Gasteiger partial charge in [-0.3, -0.25) is 4.79 Å². The van der Waals surface area contributed by atoms with E-state index in [0.29, 0.717) is 23.0 Å². The number of hydrogen-bond donors (Lipinski definition) is 1. The van der Waals surface area contributed by atoms with Gasteiger partial charge in [-0.25, -0.2) is 0 Å². The Morgan fingerprint density at radius 3 is 2.60 bits per heavy atom. The molecule has 0 aromatic heterocycles. The highest BCUT2D eigenvalue weighted by molar-refractivity contribution is 14.1. The van der Waals surface area contributed by atoms with Crippen LogP contribution in [-0.2, 0) is 6.54 Å². The fraction of sp³-hybridized carbons (Fsp3) is 0.533. The van der Waals surface area contributed by atoms with Crippen LogP contribution in [0, 0.1) is 9.49 Å². The minimum atomic E-state index is -0.892. The zero-order valence-electron chi connectivity index (χ0n) is 11.5. The van der Waals surface area contributed by atoms with E-state index in [1.807, 2.05) is 17.0 Å². The summed E-state index contributed by atoms with van der Waals surface area (Å²) in [5, 5.41) is 11.1. The van der Waals surface area contributed by atoms with E-state index >= 15 is 0 Å². The Hall–Kier alpha value is -0.330. The van der Waals surface area contributed by atoms with E-state index < -0.39 is 5.60 Å². The van der Waals surface area contributed by atoms with Gasteiger partial charge in [-0.05, 0) is 67.3 Å². The molecule has 20 heavy (non-hydrogen) atoms. The van der Waals surface area contributed by atoms with Gasteiger partial charge in [-0.15, -0.1) is 0 Å². The topological polar surface area (TPSA) is 40.5 Å². The van der Waals surface area contributed by atoms with E-state index in [9.17, 15) is 9.90 Å². The molecule has 3 nitrogen and oxygen atoms in total. The highest BCUT2D eigenvalue weighted by atomic mass is 127. The summed E-state index contributed by atoms with van der Waals surface area (Å²) in [6, 6.07) is 3.59. The largest absolute Gasteiger partial charge is 0.388 e. The second kappa shape index (κ2) is 4.85. The summed E-state index contributed by atoms with van der Waals surface area (Å²) in [4.78, 5) is 14.6. The Morgan fingerprint density at radius 2 is 2.10 bits per heavy atom. The molecule has 108 valence electrons. The highest BCUT2D eigenvalue weighted by Crippen LogP contribution is 2.44. The summed E-state index contributed by atoms with van der Waals surface area (Å²) in [7, 11) is 0. The van der Waals surface area contributed by atoms with Crippen LogP contribution < -0.4 is 0 Å². The van der Waals surface area contributed by atoms with Crippen molar-refractivity contribution in [2.75, 3.05) is 0 Å². The van der Waals surface area contributed by atoms with E-state index in [4.69, 9.17) is 11.6 Å². The molecule has 2 aliphatic rings. The molecular formula is C15H17ClINO2. The minimum absolute atomic E-state index is 0.00549. The number of nitrogens with zero attached hydrogens (tertiary/aromatic N) is 1. The second-order valence-electron chi connectivity index (χ2n) is 6.25. The summed E-state index contributed by atoms with van der Waals surface area (Å²) in [6.07, 6.45) is 2.17. The first-order valence-electron chi connectivity index (χ1n) is 6.81. The number of halogens is 2. The lowest BCUT2D eigenvalue weighted by atomic mass is 9.93. The molecule has 1 aromatic rings. The third-order valence-electron chi connectivity index (χ3n) is 4.14. The quantitative estimate of drug-likeness (QED) is 0.783. The number of benzene rings is 1. The van der Waals surface area contributed by atoms with Crippen molar-refractivity contribution in [1.29, 1.82) is 0 Å². The number of aliphatic hydroxyl groups is 1. The molecule has 1 atom stereocenters. The zero-order chi connectivity index (χ0) is 14.7. The molecule has 1 aliphatic heterocycles. The summed E-state index contributed by atoms with van der Waals surface area (Å²) in [6.45, 7) is 4.09. The van der Waals surface area contributed by atoms with Gasteiger partial charge < -0.3 is 10.0 Å². The maximum Gasteiger partial charge on any atom is 0.255 e. The van der Waals surface area contributed by atoms with Crippen molar-refractivity contribution in [3.63, 3.8) is 0 Å². The minimum Gasteiger partial charge on any atom is -0.388 e.